The van der Waals surface area contributed by atoms with Crippen LogP contribution in [0.3, 0.4) is 0 Å². The predicted octanol–water partition coefficient (Wildman–Crippen LogP) is 1.79. The molecule has 1 aromatic heterocycles. The van der Waals surface area contributed by atoms with Crippen LogP contribution in [0.15, 0.2) is 5.38 Å². The monoisotopic (exact) mass is 212 g/mol. The van der Waals surface area contributed by atoms with Crippen LogP contribution in [0.25, 0.3) is 0 Å². The normalized spacial score (nSPS) is 24.0. The molecule has 1 unspecified atom stereocenters. The summed E-state index contributed by atoms with van der Waals surface area (Å²) in [5.41, 5.74) is 1.14. The van der Waals surface area contributed by atoms with Crippen LogP contribution in [0.4, 0.5) is 0 Å². The molecule has 0 spiro atoms. The number of aromatic nitrogens is 1. The van der Waals surface area contributed by atoms with E-state index in [2.05, 4.69) is 22.3 Å². The number of thiazole rings is 1. The van der Waals surface area contributed by atoms with Crippen molar-refractivity contribution in [2.75, 3.05) is 13.6 Å². The highest BCUT2D eigenvalue weighted by atomic mass is 32.1. The van der Waals surface area contributed by atoms with E-state index < -0.39 is 0 Å². The number of aliphatic hydroxyl groups excluding tert-OH is 1. The summed E-state index contributed by atoms with van der Waals surface area (Å²) >= 11 is 1.56. The lowest BCUT2D eigenvalue weighted by Crippen LogP contribution is -2.29. The van der Waals surface area contributed by atoms with Gasteiger partial charge in [0.05, 0.1) is 18.3 Å². The Morgan fingerprint density at radius 1 is 1.64 bits per heavy atom. The molecule has 78 valence electrons. The van der Waals surface area contributed by atoms with E-state index in [-0.39, 0.29) is 6.61 Å². The lowest BCUT2D eigenvalue weighted by atomic mass is 10.0. The molecule has 14 heavy (non-hydrogen) atoms. The Kier molecular flexibility index (Phi) is 3.15. The van der Waals surface area contributed by atoms with Gasteiger partial charge >= 0.3 is 0 Å². The van der Waals surface area contributed by atoms with Crippen LogP contribution < -0.4 is 0 Å². The van der Waals surface area contributed by atoms with Crippen molar-refractivity contribution in [1.29, 1.82) is 0 Å². The maximum absolute atomic E-state index is 8.95. The molecular weight excluding hydrogens is 196 g/mol. The van der Waals surface area contributed by atoms with Gasteiger partial charge in [-0.15, -0.1) is 11.3 Å². The van der Waals surface area contributed by atoms with Crippen molar-refractivity contribution < 1.29 is 5.11 Å². The van der Waals surface area contributed by atoms with Crippen molar-refractivity contribution in [2.45, 2.75) is 31.9 Å². The zero-order valence-electron chi connectivity index (χ0n) is 8.44. The fraction of sp³-hybridized carbons (Fsp3) is 0.700. The largest absolute Gasteiger partial charge is 0.389 e. The number of hydrogen-bond donors (Lipinski definition) is 1. The average Bonchev–Trinajstić information content (AvgIpc) is 2.67. The van der Waals surface area contributed by atoms with Gasteiger partial charge in [-0.25, -0.2) is 4.98 Å². The van der Waals surface area contributed by atoms with Crippen molar-refractivity contribution in [3.63, 3.8) is 0 Å². The van der Waals surface area contributed by atoms with E-state index in [9.17, 15) is 0 Å². The van der Waals surface area contributed by atoms with Gasteiger partial charge in [0, 0.05) is 5.38 Å². The Hall–Kier alpha value is -0.450. The van der Waals surface area contributed by atoms with Crippen LogP contribution in [0.2, 0.25) is 0 Å². The third kappa shape index (κ3) is 1.97. The average molecular weight is 212 g/mol. The molecule has 4 heteroatoms. The number of nitrogens with zero attached hydrogens (tertiary/aromatic N) is 2. The summed E-state index contributed by atoms with van der Waals surface area (Å²) in [4.78, 5) is 6.79. The molecule has 1 aromatic rings. The van der Waals surface area contributed by atoms with Crippen LogP contribution in [0.1, 0.15) is 36.0 Å². The van der Waals surface area contributed by atoms with Crippen molar-refractivity contribution in [3.05, 3.63) is 16.1 Å². The summed E-state index contributed by atoms with van der Waals surface area (Å²) in [7, 11) is 2.15. The standard InChI is InChI=1S/C10H16N2OS/c1-12-5-3-2-4-9(12)8-7-14-10(6-13)11-8/h7,9,13H,2-6H2,1H3. The van der Waals surface area contributed by atoms with Crippen molar-refractivity contribution in [2.24, 2.45) is 0 Å². The molecule has 0 aromatic carbocycles. The van der Waals surface area contributed by atoms with E-state index >= 15 is 0 Å². The fourth-order valence-corrected chi connectivity index (χ4v) is 2.70. The van der Waals surface area contributed by atoms with E-state index in [1.807, 2.05) is 0 Å². The minimum Gasteiger partial charge on any atom is -0.389 e. The van der Waals surface area contributed by atoms with Gasteiger partial charge in [-0.3, -0.25) is 4.90 Å². The smallest absolute Gasteiger partial charge is 0.118 e. The lowest BCUT2D eigenvalue weighted by molar-refractivity contribution is 0.183. The minimum absolute atomic E-state index is 0.0705. The van der Waals surface area contributed by atoms with Crippen LogP contribution >= 0.6 is 11.3 Å². The number of hydrogen-bond acceptors (Lipinski definition) is 4. The molecule has 0 radical (unpaired) electrons. The third-order valence-electron chi connectivity index (χ3n) is 2.82. The van der Waals surface area contributed by atoms with Gasteiger partial charge in [0.1, 0.15) is 5.01 Å². The molecule has 1 atom stereocenters. The summed E-state index contributed by atoms with van der Waals surface area (Å²) in [5, 5.41) is 11.9. The van der Waals surface area contributed by atoms with Gasteiger partial charge in [0.15, 0.2) is 0 Å². The number of piperidine rings is 1. The lowest BCUT2D eigenvalue weighted by Gasteiger charge is -2.31. The Bertz CT molecular complexity index is 300. The Morgan fingerprint density at radius 3 is 3.14 bits per heavy atom. The van der Waals surface area contributed by atoms with Crippen LogP contribution in [-0.4, -0.2) is 28.6 Å². The topological polar surface area (TPSA) is 36.4 Å². The zero-order valence-corrected chi connectivity index (χ0v) is 9.26. The first-order valence-corrected chi connectivity index (χ1v) is 5.94. The van der Waals surface area contributed by atoms with Gasteiger partial charge in [-0.2, -0.15) is 0 Å². The highest BCUT2D eigenvalue weighted by molar-refractivity contribution is 7.09. The van der Waals surface area contributed by atoms with E-state index in [0.717, 1.165) is 17.2 Å². The van der Waals surface area contributed by atoms with Gasteiger partial charge in [0.25, 0.3) is 0 Å². The van der Waals surface area contributed by atoms with E-state index in [1.165, 1.54) is 19.3 Å². The molecule has 1 fully saturated rings. The summed E-state index contributed by atoms with van der Waals surface area (Å²) < 4.78 is 0. The second-order valence-corrected chi connectivity index (χ2v) is 4.76. The molecule has 0 saturated carbocycles. The molecule has 1 aliphatic heterocycles. The van der Waals surface area contributed by atoms with E-state index in [0.29, 0.717) is 6.04 Å². The van der Waals surface area contributed by atoms with E-state index in [4.69, 9.17) is 5.11 Å². The summed E-state index contributed by atoms with van der Waals surface area (Å²) in [6.45, 7) is 1.23. The summed E-state index contributed by atoms with van der Waals surface area (Å²) in [6.07, 6.45) is 3.79. The minimum atomic E-state index is 0.0705. The molecular formula is C10H16N2OS. The molecule has 3 nitrogen and oxygen atoms in total. The maximum atomic E-state index is 8.95. The molecule has 0 aliphatic carbocycles. The first kappa shape index (κ1) is 10.1. The van der Waals surface area contributed by atoms with Gasteiger partial charge < -0.3 is 5.11 Å². The van der Waals surface area contributed by atoms with Gasteiger partial charge in [0.2, 0.25) is 0 Å². The SMILES string of the molecule is CN1CCCCC1c1csc(CO)n1. The predicted molar refractivity (Wildman–Crippen MR) is 57.3 cm³/mol. The van der Waals surface area contributed by atoms with E-state index in [1.54, 1.807) is 11.3 Å². The quantitative estimate of drug-likeness (QED) is 0.812. The second kappa shape index (κ2) is 4.38. The van der Waals surface area contributed by atoms with Gasteiger partial charge in [-0.1, -0.05) is 6.42 Å². The summed E-state index contributed by atoms with van der Waals surface area (Å²) in [6, 6.07) is 0.472. The molecule has 0 amide bonds. The summed E-state index contributed by atoms with van der Waals surface area (Å²) in [5.74, 6) is 0. The third-order valence-corrected chi connectivity index (χ3v) is 3.67. The second-order valence-electron chi connectivity index (χ2n) is 3.82. The molecule has 2 rings (SSSR count). The number of aliphatic hydroxyl groups is 1. The number of likely N-dealkylation sites (tertiary alicyclic amines) is 1. The van der Waals surface area contributed by atoms with Crippen LogP contribution in [-0.2, 0) is 6.61 Å². The molecule has 1 saturated heterocycles. The molecule has 2 heterocycles. The molecule has 0 bridgehead atoms. The van der Waals surface area contributed by atoms with Crippen molar-refractivity contribution in [3.8, 4) is 0 Å². The van der Waals surface area contributed by atoms with Crippen molar-refractivity contribution >= 4 is 11.3 Å². The van der Waals surface area contributed by atoms with Crippen LogP contribution in [0, 0.1) is 0 Å². The first-order chi connectivity index (χ1) is 6.81. The van der Waals surface area contributed by atoms with Crippen LogP contribution in [0.5, 0.6) is 0 Å². The molecule has 1 aliphatic rings. The Morgan fingerprint density at radius 2 is 2.50 bits per heavy atom. The number of rotatable bonds is 2. The zero-order chi connectivity index (χ0) is 9.97. The Labute approximate surface area is 88.4 Å². The van der Waals surface area contributed by atoms with Crippen molar-refractivity contribution in [1.82, 2.24) is 9.88 Å². The Balaban J connectivity index is 2.12. The van der Waals surface area contributed by atoms with Gasteiger partial charge in [-0.05, 0) is 26.4 Å². The highest BCUT2D eigenvalue weighted by Gasteiger charge is 2.22. The molecule has 1 N–H and O–H groups in total. The maximum Gasteiger partial charge on any atom is 0.118 e. The highest BCUT2D eigenvalue weighted by Crippen LogP contribution is 2.29. The fourth-order valence-electron chi connectivity index (χ4n) is 2.00. The first-order valence-electron chi connectivity index (χ1n) is 5.06.